The van der Waals surface area contributed by atoms with Gasteiger partial charge in [-0.1, -0.05) is 30.3 Å². The number of aryl methyl sites for hydroxylation is 2. The second-order valence-electron chi connectivity index (χ2n) is 5.67. The minimum absolute atomic E-state index is 0.165. The molecule has 25 heavy (non-hydrogen) atoms. The van der Waals surface area contributed by atoms with Crippen molar-refractivity contribution in [2.45, 2.75) is 18.7 Å². The van der Waals surface area contributed by atoms with Gasteiger partial charge in [0.05, 0.1) is 4.90 Å². The Morgan fingerprint density at radius 3 is 2.24 bits per heavy atom. The van der Waals surface area contributed by atoms with Crippen LogP contribution >= 0.6 is 0 Å². The molecule has 0 amide bonds. The first kappa shape index (κ1) is 16.9. The van der Waals surface area contributed by atoms with Crippen molar-refractivity contribution in [3.8, 4) is 0 Å². The number of hydrogen-bond donors (Lipinski definition) is 2. The Morgan fingerprint density at radius 1 is 0.840 bits per heavy atom. The molecule has 128 valence electrons. The standard InChI is InChI=1S/C18H18N4O2S/c1-13-6-5-8-15(12-13)19-17-10-11-18(21-20-17)22-25(23,24)16-9-4-3-7-14(16)2/h3-12H,1-2H3,(H,19,20)(H,21,22). The van der Waals surface area contributed by atoms with Gasteiger partial charge in [-0.05, 0) is 55.3 Å². The number of sulfonamides is 1. The molecule has 0 spiro atoms. The van der Waals surface area contributed by atoms with Crippen LogP contribution in [-0.2, 0) is 10.0 Å². The second kappa shape index (κ2) is 6.90. The van der Waals surface area contributed by atoms with Crippen LogP contribution in [0.25, 0.3) is 0 Å². The predicted octanol–water partition coefficient (Wildman–Crippen LogP) is 3.64. The van der Waals surface area contributed by atoms with Gasteiger partial charge in [-0.2, -0.15) is 0 Å². The topological polar surface area (TPSA) is 84.0 Å². The summed E-state index contributed by atoms with van der Waals surface area (Å²) in [4.78, 5) is 0.221. The molecule has 0 saturated carbocycles. The molecule has 0 fully saturated rings. The van der Waals surface area contributed by atoms with Gasteiger partial charge in [0, 0.05) is 5.69 Å². The van der Waals surface area contributed by atoms with E-state index in [0.717, 1.165) is 11.3 Å². The quantitative estimate of drug-likeness (QED) is 0.731. The monoisotopic (exact) mass is 354 g/mol. The summed E-state index contributed by atoms with van der Waals surface area (Å²) < 4.78 is 27.3. The van der Waals surface area contributed by atoms with Crippen molar-refractivity contribution in [3.63, 3.8) is 0 Å². The summed E-state index contributed by atoms with van der Waals surface area (Å²) in [6.45, 7) is 3.75. The van der Waals surface area contributed by atoms with Gasteiger partial charge >= 0.3 is 0 Å². The van der Waals surface area contributed by atoms with Crippen molar-refractivity contribution in [2.24, 2.45) is 0 Å². The molecule has 0 atom stereocenters. The molecule has 0 radical (unpaired) electrons. The van der Waals surface area contributed by atoms with E-state index in [0.29, 0.717) is 11.4 Å². The van der Waals surface area contributed by atoms with Gasteiger partial charge in [-0.3, -0.25) is 4.72 Å². The molecule has 0 aliphatic heterocycles. The third kappa shape index (κ3) is 4.13. The van der Waals surface area contributed by atoms with Crippen molar-refractivity contribution in [2.75, 3.05) is 10.0 Å². The zero-order chi connectivity index (χ0) is 17.9. The molecule has 0 saturated heterocycles. The molecule has 3 rings (SSSR count). The molecule has 1 heterocycles. The van der Waals surface area contributed by atoms with Crippen LogP contribution in [0.2, 0.25) is 0 Å². The van der Waals surface area contributed by atoms with Crippen LogP contribution in [0.3, 0.4) is 0 Å². The van der Waals surface area contributed by atoms with Crippen molar-refractivity contribution in [1.82, 2.24) is 10.2 Å². The van der Waals surface area contributed by atoms with E-state index < -0.39 is 10.0 Å². The molecule has 0 bridgehead atoms. The Kier molecular flexibility index (Phi) is 4.67. The molecule has 1 aromatic heterocycles. The fourth-order valence-corrected chi connectivity index (χ4v) is 3.62. The Bertz CT molecular complexity index is 986. The van der Waals surface area contributed by atoms with Crippen molar-refractivity contribution < 1.29 is 8.42 Å². The number of hydrogen-bond acceptors (Lipinski definition) is 5. The zero-order valence-electron chi connectivity index (χ0n) is 13.9. The summed E-state index contributed by atoms with van der Waals surface area (Å²) in [5.41, 5.74) is 2.68. The van der Waals surface area contributed by atoms with Crippen molar-refractivity contribution in [3.05, 3.63) is 71.8 Å². The molecule has 2 N–H and O–H groups in total. The minimum atomic E-state index is -3.69. The van der Waals surface area contributed by atoms with E-state index in [-0.39, 0.29) is 10.7 Å². The highest BCUT2D eigenvalue weighted by Crippen LogP contribution is 2.19. The lowest BCUT2D eigenvalue weighted by atomic mass is 10.2. The van der Waals surface area contributed by atoms with Crippen LogP contribution in [0, 0.1) is 13.8 Å². The number of anilines is 3. The summed E-state index contributed by atoms with van der Waals surface area (Å²) in [7, 11) is -3.69. The van der Waals surface area contributed by atoms with E-state index in [1.807, 2.05) is 31.2 Å². The van der Waals surface area contributed by atoms with Gasteiger partial charge < -0.3 is 5.32 Å². The first-order chi connectivity index (χ1) is 11.9. The van der Waals surface area contributed by atoms with E-state index >= 15 is 0 Å². The van der Waals surface area contributed by atoms with E-state index in [1.54, 1.807) is 43.3 Å². The van der Waals surface area contributed by atoms with Crippen LogP contribution in [0.1, 0.15) is 11.1 Å². The Labute approximate surface area is 147 Å². The molecule has 6 nitrogen and oxygen atoms in total. The minimum Gasteiger partial charge on any atom is -0.339 e. The van der Waals surface area contributed by atoms with Crippen molar-refractivity contribution in [1.29, 1.82) is 0 Å². The number of rotatable bonds is 5. The first-order valence-corrected chi connectivity index (χ1v) is 9.18. The summed E-state index contributed by atoms with van der Waals surface area (Å²) >= 11 is 0. The molecular weight excluding hydrogens is 336 g/mol. The van der Waals surface area contributed by atoms with Gasteiger partial charge in [-0.15, -0.1) is 10.2 Å². The maximum Gasteiger partial charge on any atom is 0.263 e. The maximum absolute atomic E-state index is 12.4. The normalized spacial score (nSPS) is 11.1. The number of nitrogens with zero attached hydrogens (tertiary/aromatic N) is 2. The highest BCUT2D eigenvalue weighted by Gasteiger charge is 2.17. The van der Waals surface area contributed by atoms with Crippen LogP contribution in [-0.4, -0.2) is 18.6 Å². The van der Waals surface area contributed by atoms with Crippen molar-refractivity contribution >= 4 is 27.3 Å². The zero-order valence-corrected chi connectivity index (χ0v) is 14.7. The molecular formula is C18H18N4O2S. The van der Waals surface area contributed by atoms with Crippen LogP contribution in [0.15, 0.2) is 65.6 Å². The molecule has 2 aromatic carbocycles. The molecule has 0 aliphatic rings. The van der Waals surface area contributed by atoms with E-state index in [9.17, 15) is 8.42 Å². The summed E-state index contributed by atoms with van der Waals surface area (Å²) in [6.07, 6.45) is 0. The number of aromatic nitrogens is 2. The Balaban J connectivity index is 1.75. The van der Waals surface area contributed by atoms with E-state index in [4.69, 9.17) is 0 Å². The lowest BCUT2D eigenvalue weighted by Crippen LogP contribution is -2.15. The molecule has 0 aliphatic carbocycles. The summed E-state index contributed by atoms with van der Waals surface area (Å²) in [5.74, 6) is 0.697. The van der Waals surface area contributed by atoms with Crippen LogP contribution in [0.5, 0.6) is 0 Å². The van der Waals surface area contributed by atoms with Gasteiger partial charge in [0.15, 0.2) is 11.6 Å². The predicted molar refractivity (Wildman–Crippen MR) is 98.5 cm³/mol. The summed E-state index contributed by atoms with van der Waals surface area (Å²) in [5, 5.41) is 11.1. The summed E-state index contributed by atoms with van der Waals surface area (Å²) in [6, 6.07) is 17.9. The van der Waals surface area contributed by atoms with E-state index in [2.05, 4.69) is 20.2 Å². The van der Waals surface area contributed by atoms with Gasteiger partial charge in [-0.25, -0.2) is 8.42 Å². The van der Waals surface area contributed by atoms with Gasteiger partial charge in [0.1, 0.15) is 0 Å². The fraction of sp³-hybridized carbons (Fsp3) is 0.111. The van der Waals surface area contributed by atoms with Crippen LogP contribution in [0.4, 0.5) is 17.3 Å². The SMILES string of the molecule is Cc1cccc(Nc2ccc(NS(=O)(=O)c3ccccc3C)nn2)c1. The number of benzene rings is 2. The lowest BCUT2D eigenvalue weighted by molar-refractivity contribution is 0.600. The Hall–Kier alpha value is -2.93. The Morgan fingerprint density at radius 2 is 1.56 bits per heavy atom. The van der Waals surface area contributed by atoms with Gasteiger partial charge in [0.25, 0.3) is 10.0 Å². The molecule has 3 aromatic rings. The first-order valence-electron chi connectivity index (χ1n) is 7.70. The highest BCUT2D eigenvalue weighted by atomic mass is 32.2. The third-order valence-electron chi connectivity index (χ3n) is 3.58. The van der Waals surface area contributed by atoms with Gasteiger partial charge in [0.2, 0.25) is 0 Å². The lowest BCUT2D eigenvalue weighted by Gasteiger charge is -2.10. The molecule has 0 unspecified atom stereocenters. The van der Waals surface area contributed by atoms with Crippen LogP contribution < -0.4 is 10.0 Å². The fourth-order valence-electron chi connectivity index (χ4n) is 2.37. The average molecular weight is 354 g/mol. The average Bonchev–Trinajstić information content (AvgIpc) is 2.57. The molecule has 7 heteroatoms. The van der Waals surface area contributed by atoms with E-state index in [1.165, 1.54) is 0 Å². The largest absolute Gasteiger partial charge is 0.339 e. The highest BCUT2D eigenvalue weighted by molar-refractivity contribution is 7.92. The second-order valence-corrected chi connectivity index (χ2v) is 7.32. The third-order valence-corrected chi connectivity index (χ3v) is 5.09. The smallest absolute Gasteiger partial charge is 0.263 e. The number of nitrogens with one attached hydrogen (secondary N) is 2. The maximum atomic E-state index is 12.4.